The number of carbonyl (C=O) groups is 1. The monoisotopic (exact) mass is 366 g/mol. The van der Waals surface area contributed by atoms with Crippen molar-refractivity contribution in [2.45, 2.75) is 52.9 Å². The number of likely N-dealkylation sites (tertiary alicyclic amines) is 1. The highest BCUT2D eigenvalue weighted by molar-refractivity contribution is 7.89. The van der Waals surface area contributed by atoms with Gasteiger partial charge in [-0.05, 0) is 68.2 Å². The number of hydrogen-bond acceptors (Lipinski definition) is 3. The van der Waals surface area contributed by atoms with Gasteiger partial charge in [0.2, 0.25) is 15.9 Å². The average molecular weight is 367 g/mol. The van der Waals surface area contributed by atoms with Gasteiger partial charge in [-0.2, -0.15) is 0 Å². The normalized spacial score (nSPS) is 21.4. The molecule has 1 N–H and O–H groups in total. The second kappa shape index (κ2) is 7.46. The lowest BCUT2D eigenvalue weighted by molar-refractivity contribution is -0.132. The number of amides is 1. The maximum absolute atomic E-state index is 12.8. The lowest BCUT2D eigenvalue weighted by atomic mass is 9.92. The molecule has 0 bridgehead atoms. The van der Waals surface area contributed by atoms with Gasteiger partial charge in [-0.25, -0.2) is 13.1 Å². The predicted molar refractivity (Wildman–Crippen MR) is 100 cm³/mol. The second-order valence-corrected chi connectivity index (χ2v) is 9.36. The predicted octanol–water partition coefficient (Wildman–Crippen LogP) is 2.70. The zero-order chi connectivity index (χ0) is 18.9. The molecule has 1 aliphatic heterocycles. The van der Waals surface area contributed by atoms with Crippen molar-refractivity contribution < 1.29 is 13.2 Å². The highest BCUT2D eigenvalue weighted by atomic mass is 32.2. The topological polar surface area (TPSA) is 66.5 Å². The third-order valence-corrected chi connectivity index (χ3v) is 6.88. The van der Waals surface area contributed by atoms with Crippen molar-refractivity contribution in [1.29, 1.82) is 0 Å². The number of piperidine rings is 1. The van der Waals surface area contributed by atoms with Crippen LogP contribution in [0.15, 0.2) is 11.0 Å². The van der Waals surface area contributed by atoms with Crippen molar-refractivity contribution in [3.05, 3.63) is 28.3 Å². The van der Waals surface area contributed by atoms with Crippen LogP contribution in [0.2, 0.25) is 0 Å². The van der Waals surface area contributed by atoms with Gasteiger partial charge < -0.3 is 4.90 Å². The maximum atomic E-state index is 12.8. The van der Waals surface area contributed by atoms with Gasteiger partial charge in [0, 0.05) is 13.1 Å². The first-order valence-corrected chi connectivity index (χ1v) is 10.4. The lowest BCUT2D eigenvalue weighted by Gasteiger charge is -2.35. The Kier molecular flexibility index (Phi) is 5.94. The summed E-state index contributed by atoms with van der Waals surface area (Å²) in [6.45, 7) is 12.9. The minimum atomic E-state index is -3.72. The summed E-state index contributed by atoms with van der Waals surface area (Å²) in [7, 11) is -3.72. The lowest BCUT2D eigenvalue weighted by Crippen LogP contribution is -2.46. The fourth-order valence-corrected chi connectivity index (χ4v) is 5.38. The van der Waals surface area contributed by atoms with Crippen LogP contribution in [0.1, 0.15) is 42.5 Å². The van der Waals surface area contributed by atoms with Crippen LogP contribution >= 0.6 is 0 Å². The molecule has 1 amide bonds. The zero-order valence-corrected chi connectivity index (χ0v) is 17.0. The molecule has 1 saturated heterocycles. The molecule has 1 aromatic carbocycles. The molecule has 5 nitrogen and oxygen atoms in total. The molecule has 0 radical (unpaired) electrons. The average Bonchev–Trinajstić information content (AvgIpc) is 2.50. The molecular weight excluding hydrogens is 336 g/mol. The Labute approximate surface area is 151 Å². The van der Waals surface area contributed by atoms with Crippen molar-refractivity contribution in [3.63, 3.8) is 0 Å². The number of aryl methyl sites for hydroxylation is 2. The molecule has 0 unspecified atom stereocenters. The molecule has 6 heteroatoms. The Bertz CT molecular complexity index is 735. The first-order valence-electron chi connectivity index (χ1n) is 8.87. The third kappa shape index (κ3) is 4.42. The maximum Gasteiger partial charge on any atom is 0.241 e. The minimum absolute atomic E-state index is 0.151. The molecule has 1 aliphatic rings. The first kappa shape index (κ1) is 19.9. The number of rotatable bonds is 4. The van der Waals surface area contributed by atoms with Gasteiger partial charge in [-0.3, -0.25) is 4.79 Å². The zero-order valence-electron chi connectivity index (χ0n) is 16.1. The van der Waals surface area contributed by atoms with Gasteiger partial charge in [0.1, 0.15) is 0 Å². The highest BCUT2D eigenvalue weighted by Gasteiger charge is 2.27. The van der Waals surface area contributed by atoms with Crippen molar-refractivity contribution in [2.24, 2.45) is 11.8 Å². The van der Waals surface area contributed by atoms with Crippen molar-refractivity contribution in [2.75, 3.05) is 19.6 Å². The summed E-state index contributed by atoms with van der Waals surface area (Å²) >= 11 is 0. The van der Waals surface area contributed by atoms with Crippen LogP contribution in [0.3, 0.4) is 0 Å². The Hall–Kier alpha value is -1.40. The molecule has 0 spiro atoms. The van der Waals surface area contributed by atoms with E-state index in [1.54, 1.807) is 4.90 Å². The number of carbonyl (C=O) groups excluding carboxylic acids is 1. The van der Waals surface area contributed by atoms with E-state index in [2.05, 4.69) is 18.6 Å². The van der Waals surface area contributed by atoms with Crippen LogP contribution < -0.4 is 4.72 Å². The minimum Gasteiger partial charge on any atom is -0.341 e. The molecule has 0 saturated carbocycles. The van der Waals surface area contributed by atoms with Gasteiger partial charge in [0.25, 0.3) is 0 Å². The second-order valence-electron chi connectivity index (χ2n) is 7.66. The number of benzene rings is 1. The number of nitrogens with one attached hydrogen (secondary N) is 1. The van der Waals surface area contributed by atoms with Crippen LogP contribution in [0, 0.1) is 39.5 Å². The van der Waals surface area contributed by atoms with Crippen molar-refractivity contribution in [3.8, 4) is 0 Å². The summed E-state index contributed by atoms with van der Waals surface area (Å²) in [4.78, 5) is 14.6. The molecule has 2 rings (SSSR count). The molecule has 140 valence electrons. The Morgan fingerprint density at radius 1 is 1.08 bits per heavy atom. The molecule has 2 atom stereocenters. The van der Waals surface area contributed by atoms with Gasteiger partial charge in [0.15, 0.2) is 0 Å². The number of hydrogen-bond donors (Lipinski definition) is 1. The van der Waals surface area contributed by atoms with E-state index in [1.165, 1.54) is 0 Å². The molecule has 0 aromatic heterocycles. The Morgan fingerprint density at radius 3 is 2.04 bits per heavy atom. The SMILES string of the molecule is Cc1cc(C)c(C)c(S(=O)(=O)NCC(=O)N2C[C@@H](C)C[C@H](C)C2)c1C. The van der Waals surface area contributed by atoms with Crippen LogP contribution in [0.25, 0.3) is 0 Å². The smallest absolute Gasteiger partial charge is 0.241 e. The summed E-state index contributed by atoms with van der Waals surface area (Å²) in [5, 5.41) is 0. The van der Waals surface area contributed by atoms with Gasteiger partial charge in [-0.1, -0.05) is 19.9 Å². The van der Waals surface area contributed by atoms with Gasteiger partial charge in [0.05, 0.1) is 11.4 Å². The largest absolute Gasteiger partial charge is 0.341 e. The third-order valence-electron chi connectivity index (χ3n) is 5.20. The summed E-state index contributed by atoms with van der Waals surface area (Å²) in [5.41, 5.74) is 3.36. The van der Waals surface area contributed by atoms with Crippen molar-refractivity contribution >= 4 is 15.9 Å². The molecule has 1 fully saturated rings. The van der Waals surface area contributed by atoms with Gasteiger partial charge >= 0.3 is 0 Å². The molecular formula is C19H30N2O3S. The van der Waals surface area contributed by atoms with E-state index >= 15 is 0 Å². The van der Waals surface area contributed by atoms with Crippen LogP contribution in [-0.2, 0) is 14.8 Å². The van der Waals surface area contributed by atoms with E-state index in [0.717, 1.165) is 28.7 Å². The molecule has 25 heavy (non-hydrogen) atoms. The Morgan fingerprint density at radius 2 is 1.56 bits per heavy atom. The molecule has 1 aromatic rings. The summed E-state index contributed by atoms with van der Waals surface area (Å²) < 4.78 is 28.1. The first-order chi connectivity index (χ1) is 11.5. The molecule has 1 heterocycles. The van der Waals surface area contributed by atoms with E-state index in [9.17, 15) is 13.2 Å². The molecule has 0 aliphatic carbocycles. The van der Waals surface area contributed by atoms with Crippen molar-refractivity contribution in [1.82, 2.24) is 9.62 Å². The van der Waals surface area contributed by atoms with E-state index in [-0.39, 0.29) is 12.5 Å². The van der Waals surface area contributed by atoms with Gasteiger partial charge in [-0.15, -0.1) is 0 Å². The number of nitrogens with zero attached hydrogens (tertiary/aromatic N) is 1. The summed E-state index contributed by atoms with van der Waals surface area (Å²) in [5.74, 6) is 0.753. The summed E-state index contributed by atoms with van der Waals surface area (Å²) in [6, 6.07) is 1.99. The highest BCUT2D eigenvalue weighted by Crippen LogP contribution is 2.26. The van der Waals surface area contributed by atoms with Crippen LogP contribution in [-0.4, -0.2) is 38.9 Å². The van der Waals surface area contributed by atoms with E-state index in [1.807, 2.05) is 33.8 Å². The quantitative estimate of drug-likeness (QED) is 0.891. The fourth-order valence-electron chi connectivity index (χ4n) is 3.79. The Balaban J connectivity index is 2.16. The number of sulfonamides is 1. The van der Waals surface area contributed by atoms with E-state index in [0.29, 0.717) is 29.8 Å². The standard InChI is InChI=1S/C19H30N2O3S/c1-12-7-13(2)11-21(10-12)18(22)9-20-25(23,24)19-16(5)14(3)8-15(4)17(19)6/h8,12-13,20H,7,9-11H2,1-6H3/t12-,13-/m0/s1. The van der Waals surface area contributed by atoms with Crippen LogP contribution in [0.4, 0.5) is 0 Å². The fraction of sp³-hybridized carbons (Fsp3) is 0.632. The van der Waals surface area contributed by atoms with E-state index in [4.69, 9.17) is 0 Å². The van der Waals surface area contributed by atoms with Crippen LogP contribution in [0.5, 0.6) is 0 Å². The summed E-state index contributed by atoms with van der Waals surface area (Å²) in [6.07, 6.45) is 1.11. The van der Waals surface area contributed by atoms with E-state index < -0.39 is 10.0 Å².